The fraction of sp³-hybridized carbons (Fsp3) is 0.400. The molecule has 0 saturated carbocycles. The van der Waals surface area contributed by atoms with Crippen molar-refractivity contribution in [3.63, 3.8) is 0 Å². The van der Waals surface area contributed by atoms with Crippen LogP contribution in [-0.2, 0) is 0 Å². The molecule has 1 fully saturated rings. The molecule has 4 rings (SSSR count). The number of halogens is 1. The van der Waals surface area contributed by atoms with Gasteiger partial charge >= 0.3 is 0 Å². The largest absolute Gasteiger partial charge is 0.492 e. The predicted molar refractivity (Wildman–Crippen MR) is 124 cm³/mol. The van der Waals surface area contributed by atoms with Crippen molar-refractivity contribution >= 4 is 59.9 Å². The van der Waals surface area contributed by atoms with Gasteiger partial charge in [-0.1, -0.05) is 17.4 Å². The van der Waals surface area contributed by atoms with E-state index in [9.17, 15) is 4.79 Å². The Morgan fingerprint density at radius 2 is 2.03 bits per heavy atom. The number of thiazole rings is 1. The predicted octanol–water partition coefficient (Wildman–Crippen LogP) is 4.07. The second-order valence-corrected chi connectivity index (χ2v) is 10.2. The van der Waals surface area contributed by atoms with Crippen LogP contribution in [0.4, 0.5) is 5.13 Å². The van der Waals surface area contributed by atoms with E-state index in [1.807, 2.05) is 31.2 Å². The zero-order chi connectivity index (χ0) is 20.2. The lowest BCUT2D eigenvalue weighted by atomic mass is 10.3. The highest BCUT2D eigenvalue weighted by Gasteiger charge is 2.20. The maximum atomic E-state index is 12.1. The van der Waals surface area contributed by atoms with Gasteiger partial charge in [0.2, 0.25) is 0 Å². The Hall–Kier alpha value is -1.68. The smallest absolute Gasteiger partial charge is 0.261 e. The molecule has 0 aliphatic carbocycles. The van der Waals surface area contributed by atoms with E-state index in [0.717, 1.165) is 62.5 Å². The third-order valence-electron chi connectivity index (χ3n) is 4.82. The Labute approximate surface area is 186 Å². The maximum absolute atomic E-state index is 12.1. The average molecular weight is 495 g/mol. The minimum absolute atomic E-state index is 0.00101. The Balaban J connectivity index is 1.28. The second-order valence-electron chi connectivity index (χ2n) is 6.72. The third-order valence-corrected chi connectivity index (χ3v) is 7.53. The topological polar surface area (TPSA) is 57.7 Å². The molecule has 154 valence electrons. The monoisotopic (exact) mass is 494 g/mol. The minimum atomic E-state index is -0.00101. The number of para-hydroxylation sites is 1. The SMILES string of the molecule is CCOc1cccc2sc(N3CCN(CCNC(=O)c4ccc(Br)s4)CC3)nc12. The number of nitrogens with one attached hydrogen (secondary N) is 1. The number of fused-ring (bicyclic) bond motifs is 1. The van der Waals surface area contributed by atoms with Gasteiger partial charge in [-0.3, -0.25) is 9.69 Å². The van der Waals surface area contributed by atoms with Crippen LogP contribution in [0.15, 0.2) is 34.1 Å². The molecule has 0 unspecified atom stereocenters. The van der Waals surface area contributed by atoms with Gasteiger partial charge in [0.15, 0.2) is 5.13 Å². The number of thiophene rings is 1. The van der Waals surface area contributed by atoms with Crippen molar-refractivity contribution < 1.29 is 9.53 Å². The number of benzene rings is 1. The van der Waals surface area contributed by atoms with Crippen molar-refractivity contribution in [2.45, 2.75) is 6.92 Å². The summed E-state index contributed by atoms with van der Waals surface area (Å²) >= 11 is 6.57. The van der Waals surface area contributed by atoms with Crippen molar-refractivity contribution in [3.05, 3.63) is 39.0 Å². The van der Waals surface area contributed by atoms with Crippen LogP contribution in [0.25, 0.3) is 10.2 Å². The molecule has 1 aliphatic heterocycles. The molecule has 29 heavy (non-hydrogen) atoms. The fourth-order valence-electron chi connectivity index (χ4n) is 3.33. The highest BCUT2D eigenvalue weighted by Crippen LogP contribution is 2.34. The van der Waals surface area contributed by atoms with Crippen molar-refractivity contribution in [1.29, 1.82) is 0 Å². The summed E-state index contributed by atoms with van der Waals surface area (Å²) in [5, 5.41) is 4.07. The van der Waals surface area contributed by atoms with Crippen LogP contribution in [0.3, 0.4) is 0 Å². The Morgan fingerprint density at radius 3 is 2.76 bits per heavy atom. The van der Waals surface area contributed by atoms with Gasteiger partial charge in [0, 0.05) is 39.3 Å². The highest BCUT2D eigenvalue weighted by atomic mass is 79.9. The van der Waals surface area contributed by atoms with Gasteiger partial charge in [0.1, 0.15) is 11.3 Å². The fourth-order valence-corrected chi connectivity index (χ4v) is 5.67. The van der Waals surface area contributed by atoms with Crippen molar-refractivity contribution in [1.82, 2.24) is 15.2 Å². The number of ether oxygens (including phenoxy) is 1. The standard InChI is InChI=1S/C20H23BrN4O2S2/c1-2-27-14-4-3-5-15-18(14)23-20(29-15)25-12-10-24(11-13-25)9-8-22-19(26)16-6-7-17(21)28-16/h3-7H,2,8-13H2,1H3,(H,22,26). The average Bonchev–Trinajstić information content (AvgIpc) is 3.36. The summed E-state index contributed by atoms with van der Waals surface area (Å²) < 4.78 is 7.85. The molecular weight excluding hydrogens is 472 g/mol. The van der Waals surface area contributed by atoms with Gasteiger partial charge in [-0.2, -0.15) is 0 Å². The minimum Gasteiger partial charge on any atom is -0.492 e. The number of amides is 1. The van der Waals surface area contributed by atoms with E-state index in [0.29, 0.717) is 13.2 Å². The molecule has 1 saturated heterocycles. The molecule has 0 spiro atoms. The summed E-state index contributed by atoms with van der Waals surface area (Å²) in [6.07, 6.45) is 0. The Bertz CT molecular complexity index is 982. The van der Waals surface area contributed by atoms with Gasteiger partial charge < -0.3 is 15.0 Å². The molecule has 2 aromatic heterocycles. The number of rotatable bonds is 7. The van der Waals surface area contributed by atoms with Crippen molar-refractivity contribution in [2.75, 3.05) is 50.8 Å². The first-order valence-corrected chi connectivity index (χ1v) is 12.1. The highest BCUT2D eigenvalue weighted by molar-refractivity contribution is 9.11. The third kappa shape index (κ3) is 4.91. The van der Waals surface area contributed by atoms with Crippen LogP contribution in [0.2, 0.25) is 0 Å². The van der Waals surface area contributed by atoms with E-state index < -0.39 is 0 Å². The number of piperazine rings is 1. The van der Waals surface area contributed by atoms with Crippen LogP contribution in [0, 0.1) is 0 Å². The number of anilines is 1. The zero-order valence-electron chi connectivity index (χ0n) is 16.2. The molecule has 0 radical (unpaired) electrons. The molecule has 1 N–H and O–H groups in total. The van der Waals surface area contributed by atoms with Crippen LogP contribution in [-0.4, -0.2) is 61.7 Å². The zero-order valence-corrected chi connectivity index (χ0v) is 19.4. The number of aromatic nitrogens is 1. The summed E-state index contributed by atoms with van der Waals surface area (Å²) in [6.45, 7) is 7.97. The molecule has 3 heterocycles. The number of hydrogen-bond acceptors (Lipinski definition) is 7. The van der Waals surface area contributed by atoms with E-state index in [-0.39, 0.29) is 5.91 Å². The quantitative estimate of drug-likeness (QED) is 0.536. The number of hydrogen-bond donors (Lipinski definition) is 1. The van der Waals surface area contributed by atoms with Crippen molar-refractivity contribution in [2.24, 2.45) is 0 Å². The van der Waals surface area contributed by atoms with Gasteiger partial charge in [-0.15, -0.1) is 11.3 Å². The van der Waals surface area contributed by atoms with Gasteiger partial charge in [-0.05, 0) is 47.1 Å². The summed E-state index contributed by atoms with van der Waals surface area (Å²) in [7, 11) is 0. The molecule has 6 nitrogen and oxygen atoms in total. The van der Waals surface area contributed by atoms with E-state index in [4.69, 9.17) is 9.72 Å². The second kappa shape index (κ2) is 9.42. The molecule has 0 bridgehead atoms. The lowest BCUT2D eigenvalue weighted by molar-refractivity contribution is 0.0952. The number of carbonyl (C=O) groups is 1. The van der Waals surface area contributed by atoms with Crippen LogP contribution in [0.5, 0.6) is 5.75 Å². The van der Waals surface area contributed by atoms with Crippen molar-refractivity contribution in [3.8, 4) is 5.75 Å². The summed E-state index contributed by atoms with van der Waals surface area (Å²) in [6, 6.07) is 9.85. The van der Waals surface area contributed by atoms with Gasteiger partial charge in [0.25, 0.3) is 5.91 Å². The molecule has 1 amide bonds. The Morgan fingerprint density at radius 1 is 1.21 bits per heavy atom. The lowest BCUT2D eigenvalue weighted by Gasteiger charge is -2.34. The number of nitrogens with zero attached hydrogens (tertiary/aromatic N) is 3. The first-order chi connectivity index (χ1) is 14.1. The molecule has 1 aromatic carbocycles. The first-order valence-electron chi connectivity index (χ1n) is 9.67. The maximum Gasteiger partial charge on any atom is 0.261 e. The van der Waals surface area contributed by atoms with E-state index in [1.54, 1.807) is 11.3 Å². The molecule has 1 aliphatic rings. The summed E-state index contributed by atoms with van der Waals surface area (Å²) in [4.78, 5) is 22.4. The summed E-state index contributed by atoms with van der Waals surface area (Å²) in [5.74, 6) is 0.860. The normalized spacial score (nSPS) is 15.0. The van der Waals surface area contributed by atoms with Gasteiger partial charge in [-0.25, -0.2) is 4.98 Å². The molecule has 9 heteroatoms. The molecule has 3 aromatic rings. The summed E-state index contributed by atoms with van der Waals surface area (Å²) in [5.41, 5.74) is 0.958. The number of carbonyl (C=O) groups excluding carboxylic acids is 1. The van der Waals surface area contributed by atoms with Crippen LogP contribution in [0.1, 0.15) is 16.6 Å². The lowest BCUT2D eigenvalue weighted by Crippen LogP contribution is -2.48. The first kappa shape index (κ1) is 20.6. The van der Waals surface area contributed by atoms with Crippen LogP contribution < -0.4 is 15.0 Å². The molecule has 0 atom stereocenters. The van der Waals surface area contributed by atoms with E-state index >= 15 is 0 Å². The van der Waals surface area contributed by atoms with Crippen LogP contribution >= 0.6 is 38.6 Å². The Kier molecular flexibility index (Phi) is 6.69. The van der Waals surface area contributed by atoms with E-state index in [1.165, 1.54) is 11.3 Å². The van der Waals surface area contributed by atoms with E-state index in [2.05, 4.69) is 37.1 Å². The molecular formula is C20H23BrN4O2S2. The van der Waals surface area contributed by atoms with Gasteiger partial charge in [0.05, 0.1) is 20.0 Å².